The molecule has 0 saturated heterocycles. The molecule has 0 spiro atoms. The van der Waals surface area contributed by atoms with Crippen molar-refractivity contribution in [1.82, 2.24) is 0 Å². The SMILES string of the molecule is NN.S.[SnH2]. The van der Waals surface area contributed by atoms with Crippen molar-refractivity contribution in [3.8, 4) is 0 Å². The van der Waals surface area contributed by atoms with Crippen molar-refractivity contribution in [2.75, 3.05) is 0 Å². The van der Waals surface area contributed by atoms with Crippen LogP contribution in [-0.4, -0.2) is 23.9 Å². The number of nitrogens with two attached hydrogens (primary N) is 2. The van der Waals surface area contributed by atoms with Gasteiger partial charge in [-0.2, -0.15) is 13.5 Å². The number of hydrogen-bond donors (Lipinski definition) is 2. The van der Waals surface area contributed by atoms with Gasteiger partial charge in [0.1, 0.15) is 0 Å². The van der Waals surface area contributed by atoms with E-state index in [0.717, 1.165) is 0 Å². The Balaban J connectivity index is -0.00000000500. The van der Waals surface area contributed by atoms with E-state index >= 15 is 0 Å². The van der Waals surface area contributed by atoms with Crippen molar-refractivity contribution in [1.29, 1.82) is 0 Å². The van der Waals surface area contributed by atoms with E-state index in [1.54, 1.807) is 0 Å². The van der Waals surface area contributed by atoms with E-state index in [4.69, 9.17) is 0 Å². The van der Waals surface area contributed by atoms with Crippen LogP contribution in [0.3, 0.4) is 0 Å². The Bertz CT molecular complexity index is 6.00. The van der Waals surface area contributed by atoms with E-state index in [-0.39, 0.29) is 37.4 Å². The fourth-order valence-electron chi connectivity index (χ4n) is 0. The molecular formula is H8N2SSn. The average Bonchev–Trinajstić information content (AvgIpc) is 1.00. The maximum absolute atomic E-state index is 4.00. The van der Waals surface area contributed by atoms with Gasteiger partial charge in [-0.25, -0.2) is 0 Å². The van der Waals surface area contributed by atoms with Crippen LogP contribution in [0.4, 0.5) is 0 Å². The monoisotopic (exact) mass is 188 g/mol. The summed E-state index contributed by atoms with van der Waals surface area (Å²) in [6.45, 7) is 0. The Morgan fingerprint density at radius 3 is 1.00 bits per heavy atom. The number of hydrogen-bond acceptors (Lipinski definition) is 2. The second-order valence-corrected chi connectivity index (χ2v) is 0. The molecule has 0 heterocycles. The molecule has 0 aromatic carbocycles. The van der Waals surface area contributed by atoms with E-state index in [9.17, 15) is 0 Å². The zero-order valence-corrected chi connectivity index (χ0v) is 7.40. The topological polar surface area (TPSA) is 52.0 Å². The van der Waals surface area contributed by atoms with Crippen LogP contribution in [0.5, 0.6) is 0 Å². The summed E-state index contributed by atoms with van der Waals surface area (Å²) >= 11 is 0. The van der Waals surface area contributed by atoms with E-state index in [2.05, 4.69) is 11.7 Å². The third-order valence-corrected chi connectivity index (χ3v) is 0. The standard InChI is InChI=1S/H4N2.H2S.Sn.2H/c1-2;;;;/h1-2H2;1H2;;;. The Morgan fingerprint density at radius 2 is 1.00 bits per heavy atom. The van der Waals surface area contributed by atoms with Crippen molar-refractivity contribution < 1.29 is 0 Å². The van der Waals surface area contributed by atoms with Crippen molar-refractivity contribution in [3.05, 3.63) is 0 Å². The number of rotatable bonds is 0. The Hall–Kier alpha value is 1.07. The van der Waals surface area contributed by atoms with Crippen LogP contribution < -0.4 is 11.7 Å². The van der Waals surface area contributed by atoms with Crippen LogP contribution in [0.2, 0.25) is 0 Å². The molecule has 28 valence electrons. The predicted octanol–water partition coefficient (Wildman–Crippen LogP) is -1.98. The van der Waals surface area contributed by atoms with Gasteiger partial charge in [0.25, 0.3) is 0 Å². The van der Waals surface area contributed by atoms with Gasteiger partial charge < -0.3 is 0 Å². The van der Waals surface area contributed by atoms with Crippen LogP contribution in [0.25, 0.3) is 0 Å². The van der Waals surface area contributed by atoms with Gasteiger partial charge in [0.2, 0.25) is 0 Å². The molecule has 4 heteroatoms. The second kappa shape index (κ2) is 33.5. The van der Waals surface area contributed by atoms with Gasteiger partial charge in [-0.15, -0.1) is 0 Å². The summed E-state index contributed by atoms with van der Waals surface area (Å²) < 4.78 is 0. The Morgan fingerprint density at radius 1 is 1.00 bits per heavy atom. The normalized spacial score (nSPS) is 1.50. The molecule has 0 amide bonds. The third kappa shape index (κ3) is 11.5. The molecule has 0 atom stereocenters. The van der Waals surface area contributed by atoms with Gasteiger partial charge >= 0.3 is 23.9 Å². The van der Waals surface area contributed by atoms with Crippen LogP contribution in [0.15, 0.2) is 0 Å². The summed E-state index contributed by atoms with van der Waals surface area (Å²) in [6.07, 6.45) is 0. The van der Waals surface area contributed by atoms with Crippen molar-refractivity contribution in [2.24, 2.45) is 11.7 Å². The van der Waals surface area contributed by atoms with Gasteiger partial charge in [-0.3, -0.25) is 11.7 Å². The van der Waals surface area contributed by atoms with Gasteiger partial charge in [0.15, 0.2) is 0 Å². The summed E-state index contributed by atoms with van der Waals surface area (Å²) in [4.78, 5) is 0. The van der Waals surface area contributed by atoms with Crippen LogP contribution in [0, 0.1) is 0 Å². The van der Waals surface area contributed by atoms with E-state index in [0.29, 0.717) is 0 Å². The first-order valence-corrected chi connectivity index (χ1v) is 0.333. The van der Waals surface area contributed by atoms with Gasteiger partial charge in [-0.1, -0.05) is 0 Å². The molecule has 0 unspecified atom stereocenters. The van der Waals surface area contributed by atoms with Crippen molar-refractivity contribution in [2.45, 2.75) is 0 Å². The molecule has 0 bridgehead atoms. The van der Waals surface area contributed by atoms with Crippen LogP contribution in [-0.2, 0) is 0 Å². The van der Waals surface area contributed by atoms with Crippen LogP contribution in [0.1, 0.15) is 0 Å². The molecule has 0 aromatic heterocycles. The number of hydrazine groups is 1. The first-order chi connectivity index (χ1) is 1.00. The first kappa shape index (κ1) is 19.6. The van der Waals surface area contributed by atoms with Crippen LogP contribution >= 0.6 is 13.5 Å². The second-order valence-electron chi connectivity index (χ2n) is 0. The van der Waals surface area contributed by atoms with Crippen molar-refractivity contribution in [3.63, 3.8) is 0 Å². The average molecular weight is 187 g/mol. The third-order valence-electron chi connectivity index (χ3n) is 0. The summed E-state index contributed by atoms with van der Waals surface area (Å²) in [6, 6.07) is 0. The molecule has 4 N–H and O–H groups in total. The predicted molar refractivity (Wildman–Crippen MR) is 27.3 cm³/mol. The summed E-state index contributed by atoms with van der Waals surface area (Å²) in [5, 5.41) is 0. The fourth-order valence-corrected chi connectivity index (χ4v) is 0. The molecule has 0 aliphatic carbocycles. The molecule has 0 aromatic rings. The molecule has 0 saturated carbocycles. The molecule has 2 radical (unpaired) electrons. The maximum atomic E-state index is 4.00. The fraction of sp³-hybridized carbons (Fsp3) is 0. The van der Waals surface area contributed by atoms with Gasteiger partial charge in [-0.05, 0) is 0 Å². The molecule has 2 nitrogen and oxygen atoms in total. The zero-order chi connectivity index (χ0) is 2.00. The van der Waals surface area contributed by atoms with Gasteiger partial charge in [0, 0.05) is 0 Å². The molecule has 4 heavy (non-hydrogen) atoms. The molecule has 0 aliphatic rings. The van der Waals surface area contributed by atoms with E-state index in [1.807, 2.05) is 0 Å². The van der Waals surface area contributed by atoms with E-state index in [1.165, 1.54) is 0 Å². The minimum atomic E-state index is 0. The van der Waals surface area contributed by atoms with E-state index < -0.39 is 0 Å². The summed E-state index contributed by atoms with van der Waals surface area (Å²) in [5.74, 6) is 8.00. The van der Waals surface area contributed by atoms with Gasteiger partial charge in [0.05, 0.1) is 0 Å². The summed E-state index contributed by atoms with van der Waals surface area (Å²) in [7, 11) is 0. The molecule has 0 fully saturated rings. The Labute approximate surface area is 49.3 Å². The molecular weight excluding hydrogens is 179 g/mol. The first-order valence-electron chi connectivity index (χ1n) is 0.333. The minimum absolute atomic E-state index is 0. The molecule has 0 rings (SSSR count). The molecule has 0 aliphatic heterocycles. The zero-order valence-electron chi connectivity index (χ0n) is 2.36. The summed E-state index contributed by atoms with van der Waals surface area (Å²) in [5.41, 5.74) is 0. The Kier molecular flexibility index (Phi) is 164. The van der Waals surface area contributed by atoms with Crippen molar-refractivity contribution >= 4 is 37.4 Å². The quantitative estimate of drug-likeness (QED) is 0.262.